The van der Waals surface area contributed by atoms with Gasteiger partial charge in [-0.2, -0.15) is 0 Å². The lowest BCUT2D eigenvalue weighted by Crippen LogP contribution is -2.26. The van der Waals surface area contributed by atoms with Crippen molar-refractivity contribution in [3.63, 3.8) is 0 Å². The van der Waals surface area contributed by atoms with Gasteiger partial charge in [0.1, 0.15) is 6.33 Å². The third-order valence-electron chi connectivity index (χ3n) is 4.94. The van der Waals surface area contributed by atoms with Crippen LogP contribution in [0, 0.1) is 6.92 Å². The van der Waals surface area contributed by atoms with Crippen LogP contribution in [0.4, 0.5) is 5.69 Å². The van der Waals surface area contributed by atoms with Crippen LogP contribution in [0.2, 0.25) is 0 Å². The van der Waals surface area contributed by atoms with Crippen LogP contribution in [-0.4, -0.2) is 30.1 Å². The Hall–Kier alpha value is -3.67. The number of carbonyl (C=O) groups is 1. The average Bonchev–Trinajstić information content (AvgIpc) is 3.01. The highest BCUT2D eigenvalue weighted by molar-refractivity contribution is 6.36. The van der Waals surface area contributed by atoms with Crippen molar-refractivity contribution in [3.8, 4) is 11.8 Å². The maximum absolute atomic E-state index is 13.5. The second-order valence-electron chi connectivity index (χ2n) is 6.71. The van der Waals surface area contributed by atoms with Crippen LogP contribution in [0.1, 0.15) is 22.3 Å². The number of aromatic nitrogens is 2. The van der Waals surface area contributed by atoms with E-state index in [1.54, 1.807) is 6.08 Å². The van der Waals surface area contributed by atoms with Crippen LogP contribution >= 0.6 is 0 Å². The number of aryl methyl sites for hydroxylation is 1. The number of nitrogens with zero attached hydrogens (tertiary/aromatic N) is 3. The lowest BCUT2D eigenvalue weighted by atomic mass is 10.0. The Bertz CT molecular complexity index is 1070. The van der Waals surface area contributed by atoms with Crippen LogP contribution in [0.3, 0.4) is 0 Å². The molecule has 1 aliphatic heterocycles. The SMILES string of the molecule is COc1ncnc(OC)c1/C=C1\C(=O)N(Cc2ccccc2)c2c(C)cccc21. The van der Waals surface area contributed by atoms with Crippen LogP contribution in [-0.2, 0) is 11.3 Å². The summed E-state index contributed by atoms with van der Waals surface area (Å²) in [5.41, 5.74) is 5.00. The van der Waals surface area contributed by atoms with Crippen molar-refractivity contribution in [2.45, 2.75) is 13.5 Å². The van der Waals surface area contributed by atoms with Gasteiger partial charge in [0, 0.05) is 5.56 Å². The normalized spacial score (nSPS) is 14.2. The van der Waals surface area contributed by atoms with Gasteiger partial charge in [0.2, 0.25) is 11.8 Å². The van der Waals surface area contributed by atoms with Crippen molar-refractivity contribution in [1.82, 2.24) is 9.97 Å². The van der Waals surface area contributed by atoms with E-state index in [1.165, 1.54) is 20.5 Å². The van der Waals surface area contributed by atoms with Crippen molar-refractivity contribution in [1.29, 1.82) is 0 Å². The van der Waals surface area contributed by atoms with E-state index in [0.29, 0.717) is 29.4 Å². The molecule has 0 bridgehead atoms. The number of carbonyl (C=O) groups excluding carboxylic acids is 1. The fourth-order valence-electron chi connectivity index (χ4n) is 3.61. The molecule has 6 nitrogen and oxygen atoms in total. The van der Waals surface area contributed by atoms with Crippen LogP contribution in [0.5, 0.6) is 11.8 Å². The van der Waals surface area contributed by atoms with Crippen molar-refractivity contribution in [3.05, 3.63) is 77.1 Å². The van der Waals surface area contributed by atoms with Crippen molar-refractivity contribution in [2.75, 3.05) is 19.1 Å². The number of methoxy groups -OCH3 is 2. The maximum Gasteiger partial charge on any atom is 0.259 e. The molecule has 0 radical (unpaired) electrons. The minimum absolute atomic E-state index is 0.0777. The number of benzene rings is 2. The summed E-state index contributed by atoms with van der Waals surface area (Å²) in [4.78, 5) is 23.6. The summed E-state index contributed by atoms with van der Waals surface area (Å²) >= 11 is 0. The fraction of sp³-hybridized carbons (Fsp3) is 0.174. The summed E-state index contributed by atoms with van der Waals surface area (Å²) in [6, 6.07) is 15.9. The molecule has 0 N–H and O–H groups in total. The van der Waals surface area contributed by atoms with Crippen LogP contribution in [0.15, 0.2) is 54.9 Å². The number of para-hydroxylation sites is 1. The molecule has 1 amide bonds. The largest absolute Gasteiger partial charge is 0.480 e. The number of hydrogen-bond donors (Lipinski definition) is 0. The third-order valence-corrected chi connectivity index (χ3v) is 4.94. The Balaban J connectivity index is 1.86. The van der Waals surface area contributed by atoms with Gasteiger partial charge in [0.25, 0.3) is 5.91 Å². The van der Waals surface area contributed by atoms with Gasteiger partial charge in [0.15, 0.2) is 0 Å². The second-order valence-corrected chi connectivity index (χ2v) is 6.71. The second kappa shape index (κ2) is 7.75. The third kappa shape index (κ3) is 3.33. The minimum Gasteiger partial charge on any atom is -0.480 e. The van der Waals surface area contributed by atoms with E-state index in [4.69, 9.17) is 9.47 Å². The first-order valence-corrected chi connectivity index (χ1v) is 9.24. The summed E-state index contributed by atoms with van der Waals surface area (Å²) in [6.07, 6.45) is 3.12. The quantitative estimate of drug-likeness (QED) is 0.622. The number of anilines is 1. The molecule has 6 heteroatoms. The first-order valence-electron chi connectivity index (χ1n) is 9.24. The predicted molar refractivity (Wildman–Crippen MR) is 112 cm³/mol. The van der Waals surface area contributed by atoms with Gasteiger partial charge in [-0.25, -0.2) is 9.97 Å². The lowest BCUT2D eigenvalue weighted by molar-refractivity contribution is -0.113. The highest BCUT2D eigenvalue weighted by Crippen LogP contribution is 2.42. The van der Waals surface area contributed by atoms with Gasteiger partial charge in [-0.05, 0) is 24.1 Å². The first-order chi connectivity index (χ1) is 14.1. The predicted octanol–water partition coefficient (Wildman–Crippen LogP) is 3.89. The zero-order valence-electron chi connectivity index (χ0n) is 16.5. The van der Waals surface area contributed by atoms with E-state index in [-0.39, 0.29) is 5.91 Å². The zero-order valence-corrected chi connectivity index (χ0v) is 16.5. The van der Waals surface area contributed by atoms with Gasteiger partial charge in [0.05, 0.1) is 37.6 Å². The summed E-state index contributed by atoms with van der Waals surface area (Å²) in [5.74, 6) is 0.631. The molecular formula is C23H21N3O3. The number of fused-ring (bicyclic) bond motifs is 1. The average molecular weight is 387 g/mol. The summed E-state index contributed by atoms with van der Waals surface area (Å²) in [6.45, 7) is 2.51. The molecule has 0 unspecified atom stereocenters. The highest BCUT2D eigenvalue weighted by Gasteiger charge is 2.34. The molecule has 3 aromatic rings. The molecule has 4 rings (SSSR count). The van der Waals surface area contributed by atoms with E-state index in [9.17, 15) is 4.79 Å². The molecule has 0 saturated heterocycles. The Kier molecular flexibility index (Phi) is 4.99. The molecule has 0 atom stereocenters. The topological polar surface area (TPSA) is 64.6 Å². The number of ether oxygens (including phenoxy) is 2. The highest BCUT2D eigenvalue weighted by atomic mass is 16.5. The maximum atomic E-state index is 13.5. The van der Waals surface area contributed by atoms with Crippen molar-refractivity contribution < 1.29 is 14.3 Å². The Morgan fingerprint density at radius 3 is 2.31 bits per heavy atom. The Morgan fingerprint density at radius 2 is 1.66 bits per heavy atom. The number of amides is 1. The van der Waals surface area contributed by atoms with Crippen LogP contribution in [0.25, 0.3) is 11.6 Å². The molecule has 1 aromatic heterocycles. The summed E-state index contributed by atoms with van der Waals surface area (Å²) < 4.78 is 10.7. The van der Waals surface area contributed by atoms with E-state index in [0.717, 1.165) is 22.4 Å². The molecule has 0 aliphatic carbocycles. The molecule has 2 heterocycles. The van der Waals surface area contributed by atoms with E-state index >= 15 is 0 Å². The summed E-state index contributed by atoms with van der Waals surface area (Å²) in [7, 11) is 3.06. The van der Waals surface area contributed by atoms with E-state index in [2.05, 4.69) is 9.97 Å². The van der Waals surface area contributed by atoms with E-state index < -0.39 is 0 Å². The molecular weight excluding hydrogens is 366 g/mol. The van der Waals surface area contributed by atoms with Crippen molar-refractivity contribution in [2.24, 2.45) is 0 Å². The standard InChI is InChI=1S/C23H21N3O3/c1-15-8-7-11-17-18(12-19-21(28-2)24-14-25-22(19)29-3)23(27)26(20(15)17)13-16-9-5-4-6-10-16/h4-12,14H,13H2,1-3H3/b18-12-. The van der Waals surface area contributed by atoms with Crippen LogP contribution < -0.4 is 14.4 Å². The first kappa shape index (κ1) is 18.7. The molecule has 0 fully saturated rings. The molecule has 1 aliphatic rings. The number of rotatable bonds is 5. The smallest absolute Gasteiger partial charge is 0.259 e. The van der Waals surface area contributed by atoms with Gasteiger partial charge >= 0.3 is 0 Å². The van der Waals surface area contributed by atoms with Gasteiger partial charge in [-0.15, -0.1) is 0 Å². The molecule has 0 spiro atoms. The molecule has 0 saturated carbocycles. The zero-order chi connectivity index (χ0) is 20.4. The summed E-state index contributed by atoms with van der Waals surface area (Å²) in [5, 5.41) is 0. The van der Waals surface area contributed by atoms with Gasteiger partial charge < -0.3 is 14.4 Å². The molecule has 146 valence electrons. The Morgan fingerprint density at radius 1 is 0.966 bits per heavy atom. The van der Waals surface area contributed by atoms with Gasteiger partial charge in [-0.3, -0.25) is 4.79 Å². The minimum atomic E-state index is -0.0777. The number of hydrogen-bond acceptors (Lipinski definition) is 5. The fourth-order valence-corrected chi connectivity index (χ4v) is 3.61. The molecule has 29 heavy (non-hydrogen) atoms. The van der Waals surface area contributed by atoms with E-state index in [1.807, 2.05) is 60.4 Å². The molecule has 2 aromatic carbocycles. The Labute approximate surface area is 169 Å². The van der Waals surface area contributed by atoms with Crippen molar-refractivity contribution >= 4 is 23.2 Å². The van der Waals surface area contributed by atoms with Gasteiger partial charge in [-0.1, -0.05) is 48.5 Å². The monoisotopic (exact) mass is 387 g/mol. The lowest BCUT2D eigenvalue weighted by Gasteiger charge is -2.19.